The minimum absolute atomic E-state index is 0.0502. The van der Waals surface area contributed by atoms with Crippen LogP contribution in [0.3, 0.4) is 0 Å². The molecule has 0 fully saturated rings. The van der Waals surface area contributed by atoms with Crippen LogP contribution in [0.5, 0.6) is 0 Å². The number of aryl methyl sites for hydroxylation is 2. The fourth-order valence-electron chi connectivity index (χ4n) is 3.66. The van der Waals surface area contributed by atoms with Gasteiger partial charge in [0.2, 0.25) is 5.91 Å². The highest BCUT2D eigenvalue weighted by Crippen LogP contribution is 2.22. The quantitative estimate of drug-likeness (QED) is 0.490. The SMILES string of the molecule is CN1C=C(NC(=O)c2cc(NC(=O)OC(C)(C)C)cn2C)CC1C(=O)Nc1cc(C(=O)O)n(C)c1. The molecule has 1 unspecified atom stereocenters. The number of likely N-dealkylation sites (N-methyl/N-ethyl adjacent to an activating group) is 1. The summed E-state index contributed by atoms with van der Waals surface area (Å²) in [6.07, 6.45) is 4.40. The smallest absolute Gasteiger partial charge is 0.412 e. The fraction of sp³-hybridized carbons (Fsp3) is 0.391. The maximum absolute atomic E-state index is 12.8. The first-order valence-electron chi connectivity index (χ1n) is 10.8. The Hall–Kier alpha value is -4.22. The van der Waals surface area contributed by atoms with Crippen molar-refractivity contribution in [1.82, 2.24) is 19.4 Å². The molecule has 12 nitrogen and oxygen atoms in total. The van der Waals surface area contributed by atoms with E-state index in [0.717, 1.165) is 0 Å². The van der Waals surface area contributed by atoms with Crippen molar-refractivity contribution in [1.29, 1.82) is 0 Å². The summed E-state index contributed by atoms with van der Waals surface area (Å²) in [6, 6.07) is 2.32. The lowest BCUT2D eigenvalue weighted by molar-refractivity contribution is -0.119. The number of hydrogen-bond acceptors (Lipinski definition) is 6. The predicted molar refractivity (Wildman–Crippen MR) is 128 cm³/mol. The summed E-state index contributed by atoms with van der Waals surface area (Å²) in [5, 5.41) is 17.3. The Balaban J connectivity index is 1.60. The summed E-state index contributed by atoms with van der Waals surface area (Å²) in [7, 11) is 4.96. The maximum atomic E-state index is 12.8. The lowest BCUT2D eigenvalue weighted by Gasteiger charge is -2.19. The summed E-state index contributed by atoms with van der Waals surface area (Å²) in [5.41, 5.74) is 1.02. The molecule has 188 valence electrons. The van der Waals surface area contributed by atoms with Crippen molar-refractivity contribution in [2.75, 3.05) is 17.7 Å². The average molecular weight is 487 g/mol. The van der Waals surface area contributed by atoms with Crippen molar-refractivity contribution in [2.24, 2.45) is 14.1 Å². The number of anilines is 2. The van der Waals surface area contributed by atoms with Gasteiger partial charge in [0.1, 0.15) is 23.0 Å². The van der Waals surface area contributed by atoms with E-state index in [-0.39, 0.29) is 18.0 Å². The van der Waals surface area contributed by atoms with E-state index in [1.807, 2.05) is 0 Å². The van der Waals surface area contributed by atoms with Gasteiger partial charge in [-0.25, -0.2) is 9.59 Å². The molecule has 0 spiro atoms. The second-order valence-corrected chi connectivity index (χ2v) is 9.36. The molecule has 12 heteroatoms. The first-order chi connectivity index (χ1) is 16.2. The third kappa shape index (κ3) is 6.22. The third-order valence-corrected chi connectivity index (χ3v) is 5.22. The van der Waals surface area contributed by atoms with Crippen LogP contribution in [0.1, 0.15) is 48.2 Å². The molecular weight excluding hydrogens is 456 g/mol. The van der Waals surface area contributed by atoms with Gasteiger partial charge in [-0.2, -0.15) is 0 Å². The summed E-state index contributed by atoms with van der Waals surface area (Å²) < 4.78 is 8.20. The molecule has 3 heterocycles. The summed E-state index contributed by atoms with van der Waals surface area (Å²) in [6.45, 7) is 5.26. The number of amides is 3. The minimum atomic E-state index is -1.09. The zero-order valence-electron chi connectivity index (χ0n) is 20.5. The zero-order chi connectivity index (χ0) is 26.1. The van der Waals surface area contributed by atoms with Crippen LogP contribution in [-0.4, -0.2) is 61.7 Å². The fourth-order valence-corrected chi connectivity index (χ4v) is 3.66. The standard InChI is InChI=1S/C23H30N6O6/c1-23(2,3)35-22(34)26-15-8-17(28(5)12-15)20(31)24-13-7-16(27(4)10-13)19(30)25-14-9-18(21(32)33)29(6)11-14/h8-12,16H,7H2,1-6H3,(H,24,31)(H,25,30)(H,26,34)(H,32,33). The monoisotopic (exact) mass is 486 g/mol. The van der Waals surface area contributed by atoms with E-state index in [4.69, 9.17) is 9.84 Å². The number of rotatable bonds is 6. The van der Waals surface area contributed by atoms with Crippen LogP contribution in [0.4, 0.5) is 16.2 Å². The Labute approximate surface area is 202 Å². The molecule has 3 rings (SSSR count). The highest BCUT2D eigenvalue weighted by Gasteiger charge is 2.30. The molecule has 35 heavy (non-hydrogen) atoms. The number of aromatic carboxylic acids is 1. The van der Waals surface area contributed by atoms with Crippen molar-refractivity contribution in [3.63, 3.8) is 0 Å². The molecule has 0 radical (unpaired) electrons. The van der Waals surface area contributed by atoms with Gasteiger partial charge in [-0.15, -0.1) is 0 Å². The van der Waals surface area contributed by atoms with Gasteiger partial charge in [-0.05, 0) is 32.9 Å². The minimum Gasteiger partial charge on any atom is -0.477 e. The number of ether oxygens (including phenoxy) is 1. The first-order valence-corrected chi connectivity index (χ1v) is 10.8. The number of nitrogens with zero attached hydrogens (tertiary/aromatic N) is 3. The molecule has 0 saturated heterocycles. The van der Waals surface area contributed by atoms with Crippen LogP contribution in [0.15, 0.2) is 36.4 Å². The van der Waals surface area contributed by atoms with Crippen LogP contribution in [0, 0.1) is 0 Å². The van der Waals surface area contributed by atoms with Gasteiger partial charge in [0.25, 0.3) is 5.91 Å². The Morgan fingerprint density at radius 3 is 2.09 bits per heavy atom. The summed E-state index contributed by atoms with van der Waals surface area (Å²) in [5.74, 6) is -1.83. The number of carbonyl (C=O) groups excluding carboxylic acids is 3. The van der Waals surface area contributed by atoms with Crippen LogP contribution in [0.25, 0.3) is 0 Å². The van der Waals surface area contributed by atoms with Gasteiger partial charge in [-0.1, -0.05) is 0 Å². The number of nitrogens with one attached hydrogen (secondary N) is 3. The molecular formula is C23H30N6O6. The number of carboxylic acids is 1. The molecule has 2 aromatic heterocycles. The molecule has 2 aromatic rings. The van der Waals surface area contributed by atoms with E-state index in [1.54, 1.807) is 63.8 Å². The van der Waals surface area contributed by atoms with E-state index < -0.39 is 29.6 Å². The highest BCUT2D eigenvalue weighted by atomic mass is 16.6. The molecule has 1 aliphatic heterocycles. The summed E-state index contributed by atoms with van der Waals surface area (Å²) in [4.78, 5) is 50.5. The van der Waals surface area contributed by atoms with E-state index in [9.17, 15) is 19.2 Å². The number of hydrogen-bond donors (Lipinski definition) is 4. The Bertz CT molecular complexity index is 1200. The van der Waals surface area contributed by atoms with Crippen molar-refractivity contribution in [3.05, 3.63) is 47.8 Å². The first kappa shape index (κ1) is 25.4. The van der Waals surface area contributed by atoms with Crippen molar-refractivity contribution in [3.8, 4) is 0 Å². The molecule has 1 aliphatic rings. The van der Waals surface area contributed by atoms with Crippen LogP contribution < -0.4 is 16.0 Å². The Morgan fingerprint density at radius 1 is 0.943 bits per heavy atom. The topological polar surface area (TPSA) is 147 Å². The zero-order valence-corrected chi connectivity index (χ0v) is 20.5. The largest absolute Gasteiger partial charge is 0.477 e. The van der Waals surface area contributed by atoms with Gasteiger partial charge >= 0.3 is 12.1 Å². The van der Waals surface area contributed by atoms with Crippen LogP contribution in [0.2, 0.25) is 0 Å². The van der Waals surface area contributed by atoms with Gasteiger partial charge in [0.05, 0.1) is 11.4 Å². The molecule has 0 aromatic carbocycles. The molecule has 1 atom stereocenters. The molecule has 0 aliphatic carbocycles. The summed E-state index contributed by atoms with van der Waals surface area (Å²) >= 11 is 0. The second-order valence-electron chi connectivity index (χ2n) is 9.36. The Morgan fingerprint density at radius 2 is 1.51 bits per heavy atom. The van der Waals surface area contributed by atoms with Crippen LogP contribution in [-0.2, 0) is 23.6 Å². The molecule has 0 bridgehead atoms. The number of aromatic nitrogens is 2. The third-order valence-electron chi connectivity index (χ3n) is 5.22. The molecule has 3 amide bonds. The normalized spacial score (nSPS) is 15.4. The maximum Gasteiger partial charge on any atom is 0.412 e. The van der Waals surface area contributed by atoms with E-state index >= 15 is 0 Å². The van der Waals surface area contributed by atoms with Crippen LogP contribution >= 0.6 is 0 Å². The average Bonchev–Trinajstić information content (AvgIpc) is 3.36. The lowest BCUT2D eigenvalue weighted by atomic mass is 10.2. The predicted octanol–water partition coefficient (Wildman–Crippen LogP) is 2.32. The second kappa shape index (κ2) is 9.57. The number of carboxylic acid groups (broad SMARTS) is 1. The van der Waals surface area contributed by atoms with Gasteiger partial charge in [-0.3, -0.25) is 14.9 Å². The number of carbonyl (C=O) groups is 4. The van der Waals surface area contributed by atoms with Gasteiger partial charge < -0.3 is 34.5 Å². The van der Waals surface area contributed by atoms with E-state index in [2.05, 4.69) is 16.0 Å². The van der Waals surface area contributed by atoms with E-state index in [0.29, 0.717) is 22.8 Å². The molecule has 0 saturated carbocycles. The van der Waals surface area contributed by atoms with Crippen molar-refractivity contribution < 1.29 is 29.0 Å². The van der Waals surface area contributed by atoms with E-state index in [1.165, 1.54) is 22.9 Å². The lowest BCUT2D eigenvalue weighted by Crippen LogP contribution is -2.36. The van der Waals surface area contributed by atoms with Crippen molar-refractivity contribution in [2.45, 2.75) is 38.8 Å². The van der Waals surface area contributed by atoms with Gasteiger partial charge in [0, 0.05) is 51.9 Å². The highest BCUT2D eigenvalue weighted by molar-refractivity contribution is 5.98. The molecule has 4 N–H and O–H groups in total. The van der Waals surface area contributed by atoms with Gasteiger partial charge in [0.15, 0.2) is 0 Å². The van der Waals surface area contributed by atoms with Crippen molar-refractivity contribution >= 4 is 35.3 Å². The Kier molecular flexibility index (Phi) is 6.94.